The Morgan fingerprint density at radius 1 is 0.964 bits per heavy atom. The Hall–Kier alpha value is -2.68. The number of H-pyrrole nitrogens is 1. The summed E-state index contributed by atoms with van der Waals surface area (Å²) >= 11 is 1.32. The normalized spacial score (nSPS) is 24.4. The third-order valence-electron chi connectivity index (χ3n) is 4.08. The predicted octanol–water partition coefficient (Wildman–Crippen LogP) is 2.41. The summed E-state index contributed by atoms with van der Waals surface area (Å²) < 4.78 is 22.1. The maximum Gasteiger partial charge on any atom is 0.303 e. The Morgan fingerprint density at radius 2 is 1.64 bits per heavy atom. The molecule has 1 N–H and O–H groups in total. The summed E-state index contributed by atoms with van der Waals surface area (Å²) in [5, 5.41) is 1.04. The maximum atomic E-state index is 11.7. The quantitative estimate of drug-likeness (QED) is 0.595. The second-order valence-electron chi connectivity index (χ2n) is 6.34. The molecule has 1 aromatic heterocycles. The second-order valence-corrected chi connectivity index (χ2v) is 7.47. The van der Waals surface area contributed by atoms with Crippen molar-refractivity contribution in [3.63, 3.8) is 0 Å². The van der Waals surface area contributed by atoms with Gasteiger partial charge in [0.1, 0.15) is 5.75 Å². The van der Waals surface area contributed by atoms with Gasteiger partial charge in [0.05, 0.1) is 0 Å². The van der Waals surface area contributed by atoms with Gasteiger partial charge in [-0.2, -0.15) is 0 Å². The van der Waals surface area contributed by atoms with Crippen molar-refractivity contribution in [2.24, 2.45) is 0 Å². The van der Waals surface area contributed by atoms with E-state index in [0.29, 0.717) is 11.5 Å². The van der Waals surface area contributed by atoms with E-state index in [2.05, 4.69) is 4.98 Å². The summed E-state index contributed by atoms with van der Waals surface area (Å²) in [6.07, 6.45) is -0.831. The average molecular weight is 407 g/mol. The van der Waals surface area contributed by atoms with E-state index in [-0.39, 0.29) is 0 Å². The van der Waals surface area contributed by atoms with E-state index in [1.54, 1.807) is 6.07 Å². The highest BCUT2D eigenvalue weighted by molar-refractivity contribution is 7.99. The number of thioether (sulfide) groups is 1. The van der Waals surface area contributed by atoms with Crippen LogP contribution in [0.3, 0.4) is 0 Å². The van der Waals surface area contributed by atoms with Crippen LogP contribution in [0.15, 0.2) is 30.5 Å². The fourth-order valence-electron chi connectivity index (χ4n) is 3.04. The summed E-state index contributed by atoms with van der Waals surface area (Å²) in [5.41, 5.74) is 0.254. The minimum Gasteiger partial charge on any atom is -0.476 e. The molecule has 0 bridgehead atoms. The minimum atomic E-state index is -0.967. The number of nitrogens with one attached hydrogen (secondary N) is 1. The molecule has 0 saturated carbocycles. The fourth-order valence-corrected chi connectivity index (χ4v) is 4.26. The number of carbonyl (C=O) groups excluding carboxylic acids is 3. The average Bonchev–Trinajstić information content (AvgIpc) is 3.06. The Labute approximate surface area is 165 Å². The van der Waals surface area contributed by atoms with Crippen molar-refractivity contribution >= 4 is 40.6 Å². The van der Waals surface area contributed by atoms with Gasteiger partial charge in [-0.3, -0.25) is 14.4 Å². The first kappa shape index (κ1) is 20.1. The number of rotatable bonds is 5. The lowest BCUT2D eigenvalue weighted by Gasteiger charge is -2.39. The first-order chi connectivity index (χ1) is 13.3. The lowest BCUT2D eigenvalue weighted by Crippen LogP contribution is -2.55. The standard InChI is InChI=1S/C19H21NO7S/c1-10(21)24-16-9-28-19(18(26-12(3)23)17(16)25-11(2)22)27-14-5-4-13-6-7-20-15(13)8-14/h4-8,16-20H,9H2,1-3H3/t16-,17+,18-,19-/m1/s1. The molecule has 150 valence electrons. The molecule has 9 heteroatoms. The first-order valence-corrected chi connectivity index (χ1v) is 9.75. The van der Waals surface area contributed by atoms with Crippen LogP contribution in [0, 0.1) is 0 Å². The van der Waals surface area contributed by atoms with Gasteiger partial charge >= 0.3 is 17.9 Å². The van der Waals surface area contributed by atoms with Crippen molar-refractivity contribution in [3.8, 4) is 5.75 Å². The molecule has 1 saturated heterocycles. The van der Waals surface area contributed by atoms with Gasteiger partial charge in [-0.15, -0.1) is 11.8 Å². The van der Waals surface area contributed by atoms with Gasteiger partial charge < -0.3 is 23.9 Å². The third kappa shape index (κ3) is 4.78. The minimum absolute atomic E-state index is 0.324. The molecule has 0 radical (unpaired) electrons. The number of hydrogen-bond acceptors (Lipinski definition) is 8. The van der Waals surface area contributed by atoms with Crippen LogP contribution >= 0.6 is 11.8 Å². The van der Waals surface area contributed by atoms with Crippen molar-refractivity contribution in [2.45, 2.75) is 44.5 Å². The van der Waals surface area contributed by atoms with Crippen molar-refractivity contribution < 1.29 is 33.3 Å². The number of ether oxygens (including phenoxy) is 4. The van der Waals surface area contributed by atoms with Crippen LogP contribution in [0.25, 0.3) is 10.9 Å². The largest absolute Gasteiger partial charge is 0.476 e. The topological polar surface area (TPSA) is 104 Å². The molecular weight excluding hydrogens is 386 g/mol. The monoisotopic (exact) mass is 407 g/mol. The molecule has 8 nitrogen and oxygen atoms in total. The smallest absolute Gasteiger partial charge is 0.303 e. The zero-order valence-corrected chi connectivity index (χ0v) is 16.5. The molecule has 4 atom stereocenters. The summed E-state index contributed by atoms with van der Waals surface area (Å²) in [5.74, 6) is -0.750. The van der Waals surface area contributed by atoms with E-state index in [1.807, 2.05) is 24.4 Å². The van der Waals surface area contributed by atoms with Gasteiger partial charge in [-0.25, -0.2) is 0 Å². The summed E-state index contributed by atoms with van der Waals surface area (Å²) in [7, 11) is 0. The number of aromatic amines is 1. The Morgan fingerprint density at radius 3 is 2.32 bits per heavy atom. The van der Waals surface area contributed by atoms with Gasteiger partial charge in [0.2, 0.25) is 0 Å². The van der Waals surface area contributed by atoms with Crippen LogP contribution in [0.4, 0.5) is 0 Å². The van der Waals surface area contributed by atoms with E-state index in [9.17, 15) is 14.4 Å². The van der Waals surface area contributed by atoms with Gasteiger partial charge in [-0.05, 0) is 23.6 Å². The fraction of sp³-hybridized carbons (Fsp3) is 0.421. The van der Waals surface area contributed by atoms with E-state index < -0.39 is 41.7 Å². The van der Waals surface area contributed by atoms with Crippen LogP contribution in [0.1, 0.15) is 20.8 Å². The number of fused-ring (bicyclic) bond motifs is 1. The summed E-state index contributed by atoms with van der Waals surface area (Å²) in [6.45, 7) is 3.77. The molecule has 1 aromatic carbocycles. The first-order valence-electron chi connectivity index (χ1n) is 8.70. The van der Waals surface area contributed by atoms with Crippen LogP contribution in [-0.2, 0) is 28.6 Å². The molecule has 2 aromatic rings. The lowest BCUT2D eigenvalue weighted by molar-refractivity contribution is -0.186. The van der Waals surface area contributed by atoms with Gasteiger partial charge in [0, 0.05) is 44.3 Å². The SMILES string of the molecule is CC(=O)O[C@@H]1[C@@H](OC(C)=O)[C@H](OC(C)=O)CS[C@H]1Oc1ccc2cc[nH]c2c1. The molecular formula is C19H21NO7S. The van der Waals surface area contributed by atoms with Gasteiger partial charge in [0.25, 0.3) is 0 Å². The van der Waals surface area contributed by atoms with Crippen molar-refractivity contribution in [3.05, 3.63) is 30.5 Å². The highest BCUT2D eigenvalue weighted by Crippen LogP contribution is 2.34. The molecule has 2 heterocycles. The molecule has 3 rings (SSSR count). The molecule has 0 amide bonds. The van der Waals surface area contributed by atoms with E-state index in [0.717, 1.165) is 10.9 Å². The van der Waals surface area contributed by atoms with Crippen LogP contribution in [0.2, 0.25) is 0 Å². The molecule has 0 unspecified atom stereocenters. The molecule has 1 fully saturated rings. The van der Waals surface area contributed by atoms with E-state index >= 15 is 0 Å². The number of benzene rings is 1. The van der Waals surface area contributed by atoms with Crippen LogP contribution in [-0.4, -0.2) is 52.4 Å². The van der Waals surface area contributed by atoms with Crippen LogP contribution < -0.4 is 4.74 Å². The number of esters is 3. The maximum absolute atomic E-state index is 11.7. The van der Waals surface area contributed by atoms with E-state index in [1.165, 1.54) is 32.5 Å². The molecule has 0 aliphatic carbocycles. The Bertz CT molecular complexity index is 880. The third-order valence-corrected chi connectivity index (χ3v) is 5.30. The molecule has 0 spiro atoms. The number of aromatic nitrogens is 1. The molecule has 1 aliphatic rings. The van der Waals surface area contributed by atoms with Crippen LogP contribution in [0.5, 0.6) is 5.75 Å². The van der Waals surface area contributed by atoms with Gasteiger partial charge in [0.15, 0.2) is 23.7 Å². The van der Waals surface area contributed by atoms with Crippen molar-refractivity contribution in [1.82, 2.24) is 4.98 Å². The predicted molar refractivity (Wildman–Crippen MR) is 102 cm³/mol. The van der Waals surface area contributed by atoms with Crippen molar-refractivity contribution in [2.75, 3.05) is 5.75 Å². The summed E-state index contributed by atoms with van der Waals surface area (Å²) in [4.78, 5) is 37.8. The number of carbonyl (C=O) groups is 3. The highest BCUT2D eigenvalue weighted by Gasteiger charge is 2.47. The molecule has 1 aliphatic heterocycles. The molecule has 28 heavy (non-hydrogen) atoms. The highest BCUT2D eigenvalue weighted by atomic mass is 32.2. The lowest BCUT2D eigenvalue weighted by atomic mass is 10.1. The number of hydrogen-bond donors (Lipinski definition) is 1. The van der Waals surface area contributed by atoms with E-state index in [4.69, 9.17) is 18.9 Å². The second kappa shape index (κ2) is 8.55. The Kier molecular flexibility index (Phi) is 6.13. The Balaban J connectivity index is 1.86. The van der Waals surface area contributed by atoms with Gasteiger partial charge in [-0.1, -0.05) is 0 Å². The van der Waals surface area contributed by atoms with Crippen molar-refractivity contribution in [1.29, 1.82) is 0 Å². The summed E-state index contributed by atoms with van der Waals surface area (Å²) in [6, 6.07) is 7.48. The zero-order valence-electron chi connectivity index (χ0n) is 15.7. The zero-order chi connectivity index (χ0) is 20.3.